The summed E-state index contributed by atoms with van der Waals surface area (Å²) in [5.74, 6) is -0.220. The smallest absolute Gasteiger partial charge is 0.230 e. The summed E-state index contributed by atoms with van der Waals surface area (Å²) < 4.78 is 22.3. The summed E-state index contributed by atoms with van der Waals surface area (Å²) in [6.07, 6.45) is 7.19. The Morgan fingerprint density at radius 3 is 2.32 bits per heavy atom. The van der Waals surface area contributed by atoms with Gasteiger partial charge in [0.2, 0.25) is 10.0 Å². The molecule has 0 aromatic carbocycles. The molecule has 0 amide bonds. The normalized spacial score (nSPS) is 27.5. The molecular formula is C17H25NO3S. The zero-order valence-electron chi connectivity index (χ0n) is 13.7. The highest BCUT2D eigenvalue weighted by molar-refractivity contribution is 7.92. The molecule has 0 bridgehead atoms. The van der Waals surface area contributed by atoms with Crippen molar-refractivity contribution in [3.63, 3.8) is 0 Å². The molecule has 2 rings (SSSR count). The lowest BCUT2D eigenvalue weighted by Gasteiger charge is -2.46. The third kappa shape index (κ3) is 3.41. The van der Waals surface area contributed by atoms with Crippen LogP contribution in [0.4, 0.5) is 0 Å². The topological polar surface area (TPSA) is 77.2 Å². The van der Waals surface area contributed by atoms with Gasteiger partial charge in [-0.3, -0.25) is 4.79 Å². The highest BCUT2D eigenvalue weighted by Crippen LogP contribution is 2.53. The zero-order valence-corrected chi connectivity index (χ0v) is 14.5. The van der Waals surface area contributed by atoms with Crippen molar-refractivity contribution in [1.29, 1.82) is 0 Å². The lowest BCUT2D eigenvalue weighted by atomic mass is 9.59. The van der Waals surface area contributed by atoms with E-state index in [1.807, 2.05) is 6.08 Å². The van der Waals surface area contributed by atoms with E-state index in [4.69, 9.17) is 5.14 Å². The van der Waals surface area contributed by atoms with Crippen LogP contribution in [0, 0.1) is 16.7 Å². The van der Waals surface area contributed by atoms with E-state index in [1.54, 1.807) is 0 Å². The summed E-state index contributed by atoms with van der Waals surface area (Å²) >= 11 is 0. The molecule has 5 heteroatoms. The second-order valence-corrected chi connectivity index (χ2v) is 9.10. The fourth-order valence-corrected chi connectivity index (χ4v) is 3.88. The molecule has 0 heterocycles. The molecule has 0 aliphatic heterocycles. The first-order chi connectivity index (χ1) is 9.96. The number of hydrogen-bond acceptors (Lipinski definition) is 3. The third-order valence-electron chi connectivity index (χ3n) is 5.05. The van der Waals surface area contributed by atoms with Gasteiger partial charge in [-0.2, -0.15) is 0 Å². The maximum absolute atomic E-state index is 11.4. The molecular weight excluding hydrogens is 298 g/mol. The van der Waals surface area contributed by atoms with Crippen LogP contribution in [0.5, 0.6) is 0 Å². The fraction of sp³-hybridized carbons (Fsp3) is 0.588. The van der Waals surface area contributed by atoms with Crippen molar-refractivity contribution in [2.75, 3.05) is 0 Å². The Hall–Kier alpha value is -1.20. The molecule has 0 saturated carbocycles. The Morgan fingerprint density at radius 2 is 1.77 bits per heavy atom. The molecule has 0 aromatic heterocycles. The molecule has 2 aliphatic rings. The number of rotatable bonds is 3. The minimum atomic E-state index is -3.68. The summed E-state index contributed by atoms with van der Waals surface area (Å²) in [4.78, 5) is 11.4. The molecule has 0 radical (unpaired) electrons. The van der Waals surface area contributed by atoms with Gasteiger partial charge in [-0.15, -0.1) is 0 Å². The number of carbonyl (C=O) groups is 1. The Morgan fingerprint density at radius 1 is 1.18 bits per heavy atom. The van der Waals surface area contributed by atoms with Crippen LogP contribution in [0.25, 0.3) is 0 Å². The highest BCUT2D eigenvalue weighted by Gasteiger charge is 2.41. The third-order valence-corrected chi connectivity index (χ3v) is 5.58. The predicted octanol–water partition coefficient (Wildman–Crippen LogP) is 3.08. The summed E-state index contributed by atoms with van der Waals surface area (Å²) in [7, 11) is -3.68. The van der Waals surface area contributed by atoms with Gasteiger partial charge >= 0.3 is 0 Å². The van der Waals surface area contributed by atoms with Crippen molar-refractivity contribution in [3.05, 3.63) is 34.3 Å². The second kappa shape index (κ2) is 5.46. The number of primary sulfonamides is 1. The van der Waals surface area contributed by atoms with Gasteiger partial charge < -0.3 is 0 Å². The van der Waals surface area contributed by atoms with Gasteiger partial charge in [0.1, 0.15) is 6.29 Å². The summed E-state index contributed by atoms with van der Waals surface area (Å²) in [6.45, 7) is 8.85. The second-order valence-electron chi connectivity index (χ2n) is 7.65. The number of hydrogen-bond donors (Lipinski definition) is 1. The zero-order chi connectivity index (χ0) is 16.8. The largest absolute Gasteiger partial charge is 0.298 e. The number of sulfonamides is 1. The Bertz CT molecular complexity index is 679. The van der Waals surface area contributed by atoms with Crippen LogP contribution >= 0.6 is 0 Å². The van der Waals surface area contributed by atoms with Crippen LogP contribution in [0.3, 0.4) is 0 Å². The van der Waals surface area contributed by atoms with Crippen LogP contribution < -0.4 is 5.14 Å². The summed E-state index contributed by atoms with van der Waals surface area (Å²) in [5.41, 5.74) is 3.32. The minimum Gasteiger partial charge on any atom is -0.298 e. The van der Waals surface area contributed by atoms with Crippen molar-refractivity contribution >= 4 is 16.3 Å². The first kappa shape index (κ1) is 17.2. The standard InChI is InChI=1S/C17H25NO3S/c1-16(2)6-7-17(3,4)15-10-13(11-19)12(9-14(15)16)5-8-22(18,20)21/h5,8,10-12H,6-7,9H2,1-4H3,(H2,18,20,21)/b8-5+. The highest BCUT2D eigenvalue weighted by atomic mass is 32.2. The van der Waals surface area contributed by atoms with E-state index < -0.39 is 10.0 Å². The number of carbonyl (C=O) groups excluding carboxylic acids is 1. The Kier molecular flexibility index (Phi) is 4.26. The average molecular weight is 323 g/mol. The Balaban J connectivity index is 2.49. The number of nitrogens with two attached hydrogens (primary N) is 1. The molecule has 0 fully saturated rings. The van der Waals surface area contributed by atoms with Crippen molar-refractivity contribution < 1.29 is 13.2 Å². The van der Waals surface area contributed by atoms with Crippen LogP contribution in [0.2, 0.25) is 0 Å². The van der Waals surface area contributed by atoms with Crippen molar-refractivity contribution in [3.8, 4) is 0 Å². The van der Waals surface area contributed by atoms with Gasteiger partial charge in [0, 0.05) is 11.3 Å². The Labute approximate surface area is 133 Å². The van der Waals surface area contributed by atoms with Gasteiger partial charge in [-0.1, -0.05) is 45.4 Å². The van der Waals surface area contributed by atoms with Crippen LogP contribution in [-0.4, -0.2) is 14.7 Å². The summed E-state index contributed by atoms with van der Waals surface area (Å²) in [5, 5.41) is 6.03. The molecule has 1 unspecified atom stereocenters. The van der Waals surface area contributed by atoms with Gasteiger partial charge in [0.15, 0.2) is 0 Å². The van der Waals surface area contributed by atoms with E-state index in [0.717, 1.165) is 24.5 Å². The molecule has 0 aromatic rings. The number of allylic oxidation sites excluding steroid dienone is 5. The molecule has 0 saturated heterocycles. The molecule has 4 nitrogen and oxygen atoms in total. The maximum Gasteiger partial charge on any atom is 0.230 e. The molecule has 122 valence electrons. The van der Waals surface area contributed by atoms with E-state index in [-0.39, 0.29) is 16.7 Å². The first-order valence-corrected chi connectivity index (χ1v) is 9.19. The summed E-state index contributed by atoms with van der Waals surface area (Å²) in [6, 6.07) is 0. The van der Waals surface area contributed by atoms with Gasteiger partial charge in [0.05, 0.1) is 0 Å². The van der Waals surface area contributed by atoms with Crippen LogP contribution in [0.1, 0.15) is 47.0 Å². The minimum absolute atomic E-state index is 0.0493. The van der Waals surface area contributed by atoms with E-state index in [9.17, 15) is 13.2 Å². The molecule has 0 spiro atoms. The predicted molar refractivity (Wildman–Crippen MR) is 88.3 cm³/mol. The van der Waals surface area contributed by atoms with Gasteiger partial charge in [-0.05, 0) is 41.2 Å². The molecule has 2 aliphatic carbocycles. The number of aldehydes is 1. The quantitative estimate of drug-likeness (QED) is 0.811. The lowest BCUT2D eigenvalue weighted by Crippen LogP contribution is -2.33. The van der Waals surface area contributed by atoms with Crippen molar-refractivity contribution in [1.82, 2.24) is 0 Å². The van der Waals surface area contributed by atoms with E-state index >= 15 is 0 Å². The van der Waals surface area contributed by atoms with Crippen molar-refractivity contribution in [2.24, 2.45) is 21.9 Å². The van der Waals surface area contributed by atoms with Crippen LogP contribution in [0.15, 0.2) is 34.3 Å². The fourth-order valence-electron chi connectivity index (χ4n) is 3.47. The molecule has 1 atom stereocenters. The average Bonchev–Trinajstić information content (AvgIpc) is 2.40. The van der Waals surface area contributed by atoms with Gasteiger partial charge in [-0.25, -0.2) is 13.6 Å². The van der Waals surface area contributed by atoms with E-state index in [2.05, 4.69) is 27.7 Å². The van der Waals surface area contributed by atoms with Crippen LogP contribution in [-0.2, 0) is 14.8 Å². The monoisotopic (exact) mass is 323 g/mol. The molecule has 2 N–H and O–H groups in total. The van der Waals surface area contributed by atoms with Gasteiger partial charge in [0.25, 0.3) is 0 Å². The van der Waals surface area contributed by atoms with Crippen molar-refractivity contribution in [2.45, 2.75) is 47.0 Å². The maximum atomic E-state index is 11.4. The molecule has 22 heavy (non-hydrogen) atoms. The first-order valence-electron chi connectivity index (χ1n) is 7.58. The SMILES string of the molecule is CC1(C)CCC(C)(C)C2=C1C=C(C=O)C(/C=C/S(N)(=O)=O)C2. The lowest BCUT2D eigenvalue weighted by molar-refractivity contribution is -0.105. The van der Waals surface area contributed by atoms with E-state index in [0.29, 0.717) is 12.0 Å². The van der Waals surface area contributed by atoms with E-state index in [1.165, 1.54) is 17.2 Å².